The van der Waals surface area contributed by atoms with E-state index in [0.717, 1.165) is 6.07 Å². The Hall–Kier alpha value is -3.62. The van der Waals surface area contributed by atoms with Crippen LogP contribution in [-0.2, 0) is 6.18 Å². The lowest BCUT2D eigenvalue weighted by Gasteiger charge is -2.12. The van der Waals surface area contributed by atoms with Crippen LogP contribution in [0.25, 0.3) is 33.7 Å². The van der Waals surface area contributed by atoms with Crippen molar-refractivity contribution in [3.05, 3.63) is 65.7 Å². The fraction of sp³-hybridized carbons (Fsp3) is 0.100. The number of nitrogens with two attached hydrogens (primary N) is 1. The summed E-state index contributed by atoms with van der Waals surface area (Å²) >= 11 is 0. The molecule has 0 saturated heterocycles. The zero-order valence-corrected chi connectivity index (χ0v) is 15.0. The third kappa shape index (κ3) is 3.46. The molecule has 9 heteroatoms. The molecule has 4 aromatic rings. The first-order chi connectivity index (χ1) is 13.7. The summed E-state index contributed by atoms with van der Waals surface area (Å²) in [6.07, 6.45) is -2.25. The zero-order chi connectivity index (χ0) is 20.8. The third-order valence-corrected chi connectivity index (χ3v) is 4.45. The van der Waals surface area contributed by atoms with Crippen molar-refractivity contribution >= 4 is 16.7 Å². The molecule has 4 rings (SSSR count). The number of hydrogen-bond acceptors (Lipinski definition) is 5. The molecule has 0 bridgehead atoms. The number of fused-ring (bicyclic) bond motifs is 1. The SMILES string of the molecule is Cc1c(N)nc(-c2ccc(C(F)(F)F)cn2)nc1-c1cc(F)c2cccnc2c1. The van der Waals surface area contributed by atoms with E-state index in [1.54, 1.807) is 31.3 Å². The van der Waals surface area contributed by atoms with Gasteiger partial charge in [-0.2, -0.15) is 13.2 Å². The number of nitrogen functional groups attached to an aromatic ring is 1. The Labute approximate surface area is 162 Å². The molecular formula is C20H13F4N5. The van der Waals surface area contributed by atoms with E-state index in [1.165, 1.54) is 12.1 Å². The smallest absolute Gasteiger partial charge is 0.383 e. The van der Waals surface area contributed by atoms with Crippen LogP contribution in [0.2, 0.25) is 0 Å². The van der Waals surface area contributed by atoms with Crippen LogP contribution in [0.5, 0.6) is 0 Å². The summed E-state index contributed by atoms with van der Waals surface area (Å²) in [5, 5.41) is 0.362. The molecule has 29 heavy (non-hydrogen) atoms. The second-order valence-corrected chi connectivity index (χ2v) is 6.36. The number of anilines is 1. The molecule has 0 amide bonds. The minimum atomic E-state index is -4.50. The van der Waals surface area contributed by atoms with Crippen LogP contribution in [0.4, 0.5) is 23.4 Å². The van der Waals surface area contributed by atoms with Crippen molar-refractivity contribution < 1.29 is 17.6 Å². The largest absolute Gasteiger partial charge is 0.417 e. The van der Waals surface area contributed by atoms with Crippen molar-refractivity contribution in [2.45, 2.75) is 13.1 Å². The van der Waals surface area contributed by atoms with Crippen molar-refractivity contribution in [2.75, 3.05) is 5.73 Å². The van der Waals surface area contributed by atoms with E-state index in [-0.39, 0.29) is 17.3 Å². The van der Waals surface area contributed by atoms with Crippen LogP contribution < -0.4 is 5.73 Å². The van der Waals surface area contributed by atoms with E-state index < -0.39 is 17.6 Å². The molecule has 0 radical (unpaired) electrons. The lowest BCUT2D eigenvalue weighted by atomic mass is 10.0. The predicted octanol–water partition coefficient (Wildman–Crippen LogP) is 4.80. The summed E-state index contributed by atoms with van der Waals surface area (Å²) in [5.74, 6) is -0.317. The molecule has 0 aliphatic heterocycles. The van der Waals surface area contributed by atoms with Crippen LogP contribution in [0, 0.1) is 12.7 Å². The van der Waals surface area contributed by atoms with Crippen LogP contribution in [0.3, 0.4) is 0 Å². The molecule has 0 atom stereocenters. The summed E-state index contributed by atoms with van der Waals surface area (Å²) in [6, 6.07) is 8.27. The molecule has 3 aromatic heterocycles. The van der Waals surface area contributed by atoms with Gasteiger partial charge < -0.3 is 5.73 Å². The lowest BCUT2D eigenvalue weighted by Crippen LogP contribution is -2.07. The Morgan fingerprint density at radius 1 is 1.00 bits per heavy atom. The Bertz CT molecular complexity index is 1220. The molecule has 0 fully saturated rings. The summed E-state index contributed by atoms with van der Waals surface area (Å²) < 4.78 is 52.8. The maximum absolute atomic E-state index is 14.5. The Morgan fingerprint density at radius 3 is 2.48 bits per heavy atom. The number of pyridine rings is 2. The average molecular weight is 399 g/mol. The fourth-order valence-corrected chi connectivity index (χ4v) is 2.90. The molecule has 0 aliphatic carbocycles. The van der Waals surface area contributed by atoms with Crippen LogP contribution in [-0.4, -0.2) is 19.9 Å². The molecule has 2 N–H and O–H groups in total. The van der Waals surface area contributed by atoms with Gasteiger partial charge in [-0.25, -0.2) is 14.4 Å². The predicted molar refractivity (Wildman–Crippen MR) is 100 cm³/mol. The van der Waals surface area contributed by atoms with Gasteiger partial charge in [0.25, 0.3) is 0 Å². The van der Waals surface area contributed by atoms with Crippen molar-refractivity contribution in [1.29, 1.82) is 0 Å². The van der Waals surface area contributed by atoms with Gasteiger partial charge >= 0.3 is 6.18 Å². The number of rotatable bonds is 2. The first-order valence-corrected chi connectivity index (χ1v) is 8.46. The van der Waals surface area contributed by atoms with Gasteiger partial charge in [0, 0.05) is 28.9 Å². The molecular weight excluding hydrogens is 386 g/mol. The van der Waals surface area contributed by atoms with E-state index in [2.05, 4.69) is 19.9 Å². The molecule has 0 aliphatic rings. The Morgan fingerprint density at radius 2 is 1.79 bits per heavy atom. The van der Waals surface area contributed by atoms with Crippen LogP contribution in [0.1, 0.15) is 11.1 Å². The van der Waals surface area contributed by atoms with Crippen molar-refractivity contribution in [2.24, 2.45) is 0 Å². The number of hydrogen-bond donors (Lipinski definition) is 1. The van der Waals surface area contributed by atoms with E-state index >= 15 is 0 Å². The summed E-state index contributed by atoms with van der Waals surface area (Å²) in [4.78, 5) is 16.5. The normalized spacial score (nSPS) is 11.8. The van der Waals surface area contributed by atoms with Crippen molar-refractivity contribution in [1.82, 2.24) is 19.9 Å². The second-order valence-electron chi connectivity index (χ2n) is 6.36. The maximum atomic E-state index is 14.5. The number of benzene rings is 1. The Balaban J connectivity index is 1.85. The highest BCUT2D eigenvalue weighted by molar-refractivity contribution is 5.85. The minimum absolute atomic E-state index is 0.0401. The van der Waals surface area contributed by atoms with Gasteiger partial charge in [-0.15, -0.1) is 0 Å². The molecule has 5 nitrogen and oxygen atoms in total. The Kier molecular flexibility index (Phi) is 4.37. The molecule has 146 valence electrons. The summed E-state index contributed by atoms with van der Waals surface area (Å²) in [7, 11) is 0. The number of alkyl halides is 3. The van der Waals surface area contributed by atoms with Gasteiger partial charge in [0.15, 0.2) is 5.82 Å². The number of aromatic nitrogens is 4. The van der Waals surface area contributed by atoms with Crippen LogP contribution >= 0.6 is 0 Å². The quantitative estimate of drug-likeness (QED) is 0.490. The van der Waals surface area contributed by atoms with E-state index in [9.17, 15) is 17.6 Å². The first-order valence-electron chi connectivity index (χ1n) is 8.46. The highest BCUT2D eigenvalue weighted by Gasteiger charge is 2.30. The molecule has 0 saturated carbocycles. The monoisotopic (exact) mass is 399 g/mol. The van der Waals surface area contributed by atoms with Crippen molar-refractivity contribution in [3.8, 4) is 22.8 Å². The van der Waals surface area contributed by atoms with E-state index in [4.69, 9.17) is 5.73 Å². The number of halogens is 4. The first kappa shape index (κ1) is 18.7. The standard InChI is InChI=1S/C20H13F4N5/c1-10-17(11-7-14(21)13-3-2-6-26-16(13)8-11)28-19(29-18(10)25)15-5-4-12(9-27-15)20(22,23)24/h2-9H,1H3,(H2,25,28,29). The molecule has 3 heterocycles. The summed E-state index contributed by atoms with van der Waals surface area (Å²) in [6.45, 7) is 1.68. The topological polar surface area (TPSA) is 77.6 Å². The maximum Gasteiger partial charge on any atom is 0.417 e. The van der Waals surface area contributed by atoms with Crippen LogP contribution in [0.15, 0.2) is 48.8 Å². The average Bonchev–Trinajstić information content (AvgIpc) is 2.69. The van der Waals surface area contributed by atoms with E-state index in [1.807, 2.05) is 0 Å². The highest BCUT2D eigenvalue weighted by atomic mass is 19.4. The van der Waals surface area contributed by atoms with E-state index in [0.29, 0.717) is 33.9 Å². The zero-order valence-electron chi connectivity index (χ0n) is 15.0. The molecule has 1 aromatic carbocycles. The van der Waals surface area contributed by atoms with Gasteiger partial charge in [0.2, 0.25) is 0 Å². The van der Waals surface area contributed by atoms with Gasteiger partial charge in [-0.1, -0.05) is 0 Å². The molecule has 0 spiro atoms. The highest BCUT2D eigenvalue weighted by Crippen LogP contribution is 2.32. The van der Waals surface area contributed by atoms with Gasteiger partial charge in [0.05, 0.1) is 16.8 Å². The number of nitrogens with zero attached hydrogens (tertiary/aromatic N) is 4. The fourth-order valence-electron chi connectivity index (χ4n) is 2.90. The molecule has 0 unspecified atom stereocenters. The van der Waals surface area contributed by atoms with Gasteiger partial charge in [-0.05, 0) is 43.3 Å². The van der Waals surface area contributed by atoms with Gasteiger partial charge in [-0.3, -0.25) is 9.97 Å². The second kappa shape index (κ2) is 6.77. The third-order valence-electron chi connectivity index (χ3n) is 4.45. The lowest BCUT2D eigenvalue weighted by molar-refractivity contribution is -0.137. The minimum Gasteiger partial charge on any atom is -0.383 e. The summed E-state index contributed by atoms with van der Waals surface area (Å²) in [5.41, 5.74) is 6.93. The van der Waals surface area contributed by atoms with Gasteiger partial charge in [0.1, 0.15) is 17.3 Å². The van der Waals surface area contributed by atoms with Crippen molar-refractivity contribution in [3.63, 3.8) is 0 Å².